The highest BCUT2D eigenvalue weighted by Gasteiger charge is 2.20. The van der Waals surface area contributed by atoms with E-state index >= 15 is 0 Å². The third-order valence-corrected chi connectivity index (χ3v) is 2.74. The van der Waals surface area contributed by atoms with Crippen LogP contribution in [0, 0.1) is 5.92 Å². The Morgan fingerprint density at radius 1 is 1.07 bits per heavy atom. The molecule has 15 heavy (non-hydrogen) atoms. The van der Waals surface area contributed by atoms with Gasteiger partial charge in [0.25, 0.3) is 0 Å². The van der Waals surface area contributed by atoms with Crippen LogP contribution in [0.5, 0.6) is 0 Å². The number of rotatable bonds is 7. The van der Waals surface area contributed by atoms with E-state index in [1.54, 1.807) is 7.11 Å². The van der Waals surface area contributed by atoms with Crippen molar-refractivity contribution in [1.29, 1.82) is 0 Å². The summed E-state index contributed by atoms with van der Waals surface area (Å²) in [5.41, 5.74) is -0.0238. The second kappa shape index (κ2) is 6.49. The van der Waals surface area contributed by atoms with Gasteiger partial charge in [-0.15, -0.1) is 0 Å². The van der Waals surface area contributed by atoms with Crippen molar-refractivity contribution in [2.24, 2.45) is 5.92 Å². The first-order valence-electron chi connectivity index (χ1n) is 6.08. The summed E-state index contributed by atoms with van der Waals surface area (Å²) in [6, 6.07) is 1.10. The Bertz CT molecular complexity index is 166. The Labute approximate surface area is 95.8 Å². The molecule has 0 aromatic rings. The number of ether oxygens (including phenoxy) is 1. The maximum absolute atomic E-state index is 5.43. The molecule has 92 valence electrons. The third kappa shape index (κ3) is 7.80. The van der Waals surface area contributed by atoms with Crippen molar-refractivity contribution in [2.45, 2.75) is 72.1 Å². The topological polar surface area (TPSA) is 21.3 Å². The maximum atomic E-state index is 5.43. The molecule has 2 unspecified atom stereocenters. The molecule has 0 saturated carbocycles. The van der Waals surface area contributed by atoms with Gasteiger partial charge in [-0.25, -0.2) is 0 Å². The van der Waals surface area contributed by atoms with Crippen molar-refractivity contribution in [2.75, 3.05) is 7.11 Å². The Balaban J connectivity index is 3.87. The molecule has 0 aliphatic heterocycles. The Kier molecular flexibility index (Phi) is 6.46. The fraction of sp³-hybridized carbons (Fsp3) is 1.00. The Hall–Kier alpha value is -0.0800. The first kappa shape index (κ1) is 14.9. The molecule has 0 fully saturated rings. The first-order chi connectivity index (χ1) is 6.76. The van der Waals surface area contributed by atoms with Gasteiger partial charge in [-0.05, 0) is 46.5 Å². The van der Waals surface area contributed by atoms with Crippen LogP contribution < -0.4 is 5.32 Å². The molecule has 1 N–H and O–H groups in total. The van der Waals surface area contributed by atoms with Crippen LogP contribution >= 0.6 is 0 Å². The number of hydrogen-bond acceptors (Lipinski definition) is 2. The van der Waals surface area contributed by atoms with Crippen molar-refractivity contribution in [3.63, 3.8) is 0 Å². The van der Waals surface area contributed by atoms with Crippen LogP contribution in [0.3, 0.4) is 0 Å². The lowest BCUT2D eigenvalue weighted by molar-refractivity contribution is 0.00768. The number of methoxy groups -OCH3 is 1. The van der Waals surface area contributed by atoms with Gasteiger partial charge in [0.15, 0.2) is 0 Å². The highest BCUT2D eigenvalue weighted by Crippen LogP contribution is 2.16. The molecule has 2 nitrogen and oxygen atoms in total. The zero-order chi connectivity index (χ0) is 12.1. The van der Waals surface area contributed by atoms with E-state index in [-0.39, 0.29) is 5.60 Å². The highest BCUT2D eigenvalue weighted by atomic mass is 16.5. The van der Waals surface area contributed by atoms with Gasteiger partial charge in [0.05, 0.1) is 5.60 Å². The van der Waals surface area contributed by atoms with E-state index in [0.717, 1.165) is 12.3 Å². The molecule has 0 aliphatic rings. The van der Waals surface area contributed by atoms with Gasteiger partial charge < -0.3 is 10.1 Å². The molecule has 0 rings (SSSR count). The summed E-state index contributed by atoms with van der Waals surface area (Å²) in [5.74, 6) is 0.759. The number of nitrogens with one attached hydrogen (secondary N) is 1. The predicted molar refractivity (Wildman–Crippen MR) is 67.2 cm³/mol. The molecule has 0 aliphatic carbocycles. The summed E-state index contributed by atoms with van der Waals surface area (Å²) in [7, 11) is 1.78. The normalized spacial score (nSPS) is 16.8. The molecule has 0 bridgehead atoms. The molecule has 0 amide bonds. The molecular weight excluding hydrogens is 186 g/mol. The molecule has 0 aromatic heterocycles. The van der Waals surface area contributed by atoms with Gasteiger partial charge in [-0.1, -0.05) is 13.8 Å². The van der Waals surface area contributed by atoms with E-state index in [1.807, 2.05) is 0 Å². The summed E-state index contributed by atoms with van der Waals surface area (Å²) in [5, 5.41) is 3.62. The van der Waals surface area contributed by atoms with E-state index in [4.69, 9.17) is 4.74 Å². The second-order valence-electron chi connectivity index (χ2n) is 5.77. The lowest BCUT2D eigenvalue weighted by atomic mass is 9.98. The van der Waals surface area contributed by atoms with Crippen molar-refractivity contribution >= 4 is 0 Å². The van der Waals surface area contributed by atoms with Crippen LogP contribution in [0.2, 0.25) is 0 Å². The summed E-state index contributed by atoms with van der Waals surface area (Å²) in [6.45, 7) is 13.3. The molecule has 0 radical (unpaired) electrons. The fourth-order valence-corrected chi connectivity index (χ4v) is 2.14. The van der Waals surface area contributed by atoms with Crippen LogP contribution in [-0.2, 0) is 4.74 Å². The van der Waals surface area contributed by atoms with Gasteiger partial charge in [-0.3, -0.25) is 0 Å². The fourth-order valence-electron chi connectivity index (χ4n) is 2.14. The van der Waals surface area contributed by atoms with Gasteiger partial charge in [0, 0.05) is 19.2 Å². The molecule has 2 atom stereocenters. The van der Waals surface area contributed by atoms with Gasteiger partial charge in [-0.2, -0.15) is 0 Å². The minimum absolute atomic E-state index is 0.0238. The smallest absolute Gasteiger partial charge is 0.0637 e. The van der Waals surface area contributed by atoms with E-state index in [1.165, 1.54) is 6.42 Å². The second-order valence-corrected chi connectivity index (χ2v) is 5.77. The minimum atomic E-state index is -0.0238. The summed E-state index contributed by atoms with van der Waals surface area (Å²) in [4.78, 5) is 0. The lowest BCUT2D eigenvalue weighted by Gasteiger charge is -2.29. The lowest BCUT2D eigenvalue weighted by Crippen LogP contribution is -2.40. The molecule has 0 spiro atoms. The van der Waals surface area contributed by atoms with Crippen molar-refractivity contribution in [3.05, 3.63) is 0 Å². The zero-order valence-corrected chi connectivity index (χ0v) is 11.6. The largest absolute Gasteiger partial charge is 0.379 e. The SMILES string of the molecule is COC(C)(C)CC(C)NC(C)CC(C)C. The quantitative estimate of drug-likeness (QED) is 0.704. The zero-order valence-electron chi connectivity index (χ0n) is 11.6. The van der Waals surface area contributed by atoms with Crippen LogP contribution in [0.15, 0.2) is 0 Å². The maximum Gasteiger partial charge on any atom is 0.0637 e. The molecule has 0 heterocycles. The van der Waals surface area contributed by atoms with E-state index in [0.29, 0.717) is 12.1 Å². The highest BCUT2D eigenvalue weighted by molar-refractivity contribution is 4.77. The van der Waals surface area contributed by atoms with Crippen LogP contribution in [0.4, 0.5) is 0 Å². The minimum Gasteiger partial charge on any atom is -0.379 e. The van der Waals surface area contributed by atoms with Crippen molar-refractivity contribution in [3.8, 4) is 0 Å². The Morgan fingerprint density at radius 3 is 2.00 bits per heavy atom. The van der Waals surface area contributed by atoms with E-state index < -0.39 is 0 Å². The molecular formula is C13H29NO. The predicted octanol–water partition coefficient (Wildman–Crippen LogP) is 3.21. The third-order valence-electron chi connectivity index (χ3n) is 2.74. The summed E-state index contributed by atoms with van der Waals surface area (Å²) < 4.78 is 5.43. The van der Waals surface area contributed by atoms with Crippen LogP contribution in [0.25, 0.3) is 0 Å². The van der Waals surface area contributed by atoms with Gasteiger partial charge >= 0.3 is 0 Å². The van der Waals surface area contributed by atoms with Crippen molar-refractivity contribution in [1.82, 2.24) is 5.32 Å². The van der Waals surface area contributed by atoms with Crippen LogP contribution in [-0.4, -0.2) is 24.8 Å². The van der Waals surface area contributed by atoms with Gasteiger partial charge in [0.1, 0.15) is 0 Å². The Morgan fingerprint density at radius 2 is 1.60 bits per heavy atom. The standard InChI is InChI=1S/C13H29NO/c1-10(2)8-11(3)14-12(4)9-13(5,6)15-7/h10-12,14H,8-9H2,1-7H3. The summed E-state index contributed by atoms with van der Waals surface area (Å²) in [6.07, 6.45) is 2.28. The summed E-state index contributed by atoms with van der Waals surface area (Å²) >= 11 is 0. The molecule has 0 aromatic carbocycles. The van der Waals surface area contributed by atoms with Crippen molar-refractivity contribution < 1.29 is 4.74 Å². The monoisotopic (exact) mass is 215 g/mol. The average Bonchev–Trinajstić information content (AvgIpc) is 2.00. The first-order valence-corrected chi connectivity index (χ1v) is 6.08. The molecule has 0 saturated heterocycles. The van der Waals surface area contributed by atoms with E-state index in [9.17, 15) is 0 Å². The average molecular weight is 215 g/mol. The van der Waals surface area contributed by atoms with E-state index in [2.05, 4.69) is 46.9 Å². The molecule has 2 heteroatoms. The van der Waals surface area contributed by atoms with Gasteiger partial charge in [0.2, 0.25) is 0 Å². The van der Waals surface area contributed by atoms with Crippen LogP contribution in [0.1, 0.15) is 54.4 Å². The number of hydrogen-bond donors (Lipinski definition) is 1.